The summed E-state index contributed by atoms with van der Waals surface area (Å²) in [6.45, 7) is 0. The van der Waals surface area contributed by atoms with Gasteiger partial charge in [0.15, 0.2) is 0 Å². The minimum atomic E-state index is -0.997. The van der Waals surface area contributed by atoms with Gasteiger partial charge in [0.1, 0.15) is 0 Å². The number of aromatic carboxylic acids is 1. The Morgan fingerprint density at radius 3 is 2.77 bits per heavy atom. The number of thiol groups is 1. The molecule has 0 saturated carbocycles. The summed E-state index contributed by atoms with van der Waals surface area (Å²) in [5.74, 6) is -0.997. The van der Waals surface area contributed by atoms with E-state index < -0.39 is 5.97 Å². The molecule has 5 rings (SSSR count). The molecule has 3 aromatic heterocycles. The van der Waals surface area contributed by atoms with E-state index in [4.69, 9.17) is 0 Å². The Labute approximate surface area is 177 Å². The lowest BCUT2D eigenvalue weighted by atomic mass is 10.0. The van der Waals surface area contributed by atoms with Gasteiger partial charge in [-0.15, -0.1) is 12.6 Å². The van der Waals surface area contributed by atoms with Crippen LogP contribution in [0.2, 0.25) is 0 Å². The Morgan fingerprint density at radius 1 is 1.03 bits per heavy atom. The number of rotatable bonds is 4. The number of anilines is 2. The fourth-order valence-corrected chi connectivity index (χ4v) is 3.84. The minimum Gasteiger partial charge on any atom is -0.478 e. The monoisotopic (exact) mass is 412 g/mol. The number of fused-ring (bicyclic) bond motifs is 2. The van der Waals surface area contributed by atoms with Crippen LogP contribution in [0.5, 0.6) is 0 Å². The van der Waals surface area contributed by atoms with Gasteiger partial charge in [-0.25, -0.2) is 4.79 Å². The zero-order valence-corrected chi connectivity index (χ0v) is 16.5. The van der Waals surface area contributed by atoms with Crippen LogP contribution in [-0.4, -0.2) is 26.0 Å². The SMILES string of the molecule is O=C(O)c1ccccc1Nc1c(S)cnc2ccc(-c3cncc4[nH]ccc34)cc12. The zero-order chi connectivity index (χ0) is 20.7. The van der Waals surface area contributed by atoms with Crippen molar-refractivity contribution in [3.63, 3.8) is 0 Å². The number of carboxylic acids is 1. The van der Waals surface area contributed by atoms with Gasteiger partial charge in [-0.2, -0.15) is 0 Å². The van der Waals surface area contributed by atoms with Crippen LogP contribution in [0.25, 0.3) is 32.9 Å². The first kappa shape index (κ1) is 18.2. The molecule has 3 N–H and O–H groups in total. The van der Waals surface area contributed by atoms with Gasteiger partial charge in [0.25, 0.3) is 0 Å². The summed E-state index contributed by atoms with van der Waals surface area (Å²) in [4.78, 5) is 24.2. The topological polar surface area (TPSA) is 90.9 Å². The second-order valence-corrected chi connectivity index (χ2v) is 7.33. The summed E-state index contributed by atoms with van der Waals surface area (Å²) in [7, 11) is 0. The first-order chi connectivity index (χ1) is 14.6. The third-order valence-electron chi connectivity index (χ3n) is 5.05. The number of nitrogens with zero attached hydrogens (tertiary/aromatic N) is 2. The van der Waals surface area contributed by atoms with E-state index in [9.17, 15) is 9.90 Å². The van der Waals surface area contributed by atoms with Crippen LogP contribution in [-0.2, 0) is 0 Å². The number of aromatic nitrogens is 3. The van der Waals surface area contributed by atoms with E-state index in [-0.39, 0.29) is 5.56 Å². The van der Waals surface area contributed by atoms with E-state index in [0.717, 1.165) is 32.9 Å². The van der Waals surface area contributed by atoms with Crippen LogP contribution in [0, 0.1) is 0 Å². The van der Waals surface area contributed by atoms with Crippen molar-refractivity contribution in [2.24, 2.45) is 0 Å². The third kappa shape index (κ3) is 3.05. The molecule has 6 nitrogen and oxygen atoms in total. The molecule has 0 atom stereocenters. The third-order valence-corrected chi connectivity index (χ3v) is 5.39. The highest BCUT2D eigenvalue weighted by molar-refractivity contribution is 7.80. The smallest absolute Gasteiger partial charge is 0.337 e. The zero-order valence-electron chi connectivity index (χ0n) is 15.6. The van der Waals surface area contributed by atoms with Crippen molar-refractivity contribution in [3.8, 4) is 11.1 Å². The summed E-state index contributed by atoms with van der Waals surface area (Å²) < 4.78 is 0. The van der Waals surface area contributed by atoms with E-state index in [0.29, 0.717) is 16.3 Å². The molecule has 0 aliphatic carbocycles. The minimum absolute atomic E-state index is 0.188. The average Bonchev–Trinajstić information content (AvgIpc) is 3.24. The van der Waals surface area contributed by atoms with Crippen molar-refractivity contribution in [2.75, 3.05) is 5.32 Å². The molecule has 0 fully saturated rings. The molecule has 0 saturated heterocycles. The van der Waals surface area contributed by atoms with Gasteiger partial charge in [-0.1, -0.05) is 18.2 Å². The molecular weight excluding hydrogens is 396 g/mol. The number of carboxylic acid groups (broad SMARTS) is 1. The van der Waals surface area contributed by atoms with Crippen molar-refractivity contribution in [1.29, 1.82) is 0 Å². The molecule has 0 aliphatic heterocycles. The maximum absolute atomic E-state index is 11.6. The average molecular weight is 412 g/mol. The molecule has 0 aliphatic rings. The number of benzene rings is 2. The quantitative estimate of drug-likeness (QED) is 0.292. The molecule has 2 aromatic carbocycles. The van der Waals surface area contributed by atoms with Crippen LogP contribution in [0.15, 0.2) is 78.2 Å². The van der Waals surface area contributed by atoms with Crippen molar-refractivity contribution in [3.05, 3.63) is 78.9 Å². The van der Waals surface area contributed by atoms with Crippen molar-refractivity contribution in [1.82, 2.24) is 15.0 Å². The molecule has 0 radical (unpaired) electrons. The van der Waals surface area contributed by atoms with E-state index in [1.165, 1.54) is 0 Å². The summed E-state index contributed by atoms with van der Waals surface area (Å²) in [5, 5.41) is 14.7. The largest absolute Gasteiger partial charge is 0.478 e. The first-order valence-electron chi connectivity index (χ1n) is 9.24. The summed E-state index contributed by atoms with van der Waals surface area (Å²) in [6, 6.07) is 14.8. The van der Waals surface area contributed by atoms with E-state index >= 15 is 0 Å². The lowest BCUT2D eigenvalue weighted by Crippen LogP contribution is -2.03. The molecule has 0 bridgehead atoms. The maximum Gasteiger partial charge on any atom is 0.337 e. The van der Waals surface area contributed by atoms with Crippen molar-refractivity contribution < 1.29 is 9.90 Å². The number of para-hydroxylation sites is 1. The van der Waals surface area contributed by atoms with Crippen LogP contribution in [0.3, 0.4) is 0 Å². The fraction of sp³-hybridized carbons (Fsp3) is 0. The first-order valence-corrected chi connectivity index (χ1v) is 9.69. The predicted octanol–water partition coefficient (Wildman–Crippen LogP) is 5.51. The molecule has 0 amide bonds. The van der Waals surface area contributed by atoms with Gasteiger partial charge in [-0.3, -0.25) is 9.97 Å². The number of hydrogen-bond acceptors (Lipinski definition) is 5. The molecule has 0 unspecified atom stereocenters. The van der Waals surface area contributed by atoms with Gasteiger partial charge in [-0.05, 0) is 35.9 Å². The lowest BCUT2D eigenvalue weighted by molar-refractivity contribution is 0.0698. The van der Waals surface area contributed by atoms with E-state index in [2.05, 4.69) is 32.9 Å². The van der Waals surface area contributed by atoms with Gasteiger partial charge in [0, 0.05) is 39.8 Å². The second kappa shape index (κ2) is 7.20. The van der Waals surface area contributed by atoms with Crippen LogP contribution < -0.4 is 5.32 Å². The molecule has 0 spiro atoms. The number of hydrogen-bond donors (Lipinski definition) is 4. The second-order valence-electron chi connectivity index (χ2n) is 6.85. The summed E-state index contributed by atoms with van der Waals surface area (Å²) in [6.07, 6.45) is 7.18. The van der Waals surface area contributed by atoms with Crippen molar-refractivity contribution in [2.45, 2.75) is 4.90 Å². The summed E-state index contributed by atoms with van der Waals surface area (Å²) in [5.41, 5.74) is 5.10. The predicted molar refractivity (Wildman–Crippen MR) is 121 cm³/mol. The Balaban J connectivity index is 1.69. The summed E-state index contributed by atoms with van der Waals surface area (Å²) >= 11 is 4.57. The van der Waals surface area contributed by atoms with Gasteiger partial charge < -0.3 is 15.4 Å². The Kier molecular flexibility index (Phi) is 4.37. The number of nitrogens with one attached hydrogen (secondary N) is 2. The molecular formula is C23H16N4O2S. The highest BCUT2D eigenvalue weighted by atomic mass is 32.1. The lowest BCUT2D eigenvalue weighted by Gasteiger charge is -2.15. The standard InChI is InChI=1S/C23H16N4O2S/c28-23(29)15-3-1-2-4-19(15)27-22-16-9-13(5-6-18(16)26-12-21(22)30)17-10-24-11-20-14(17)7-8-25-20/h1-12,25,30H,(H,26,27)(H,28,29). The molecule has 3 heterocycles. The van der Waals surface area contributed by atoms with Gasteiger partial charge in [0.05, 0.1) is 34.2 Å². The van der Waals surface area contributed by atoms with E-state index in [1.54, 1.807) is 36.7 Å². The molecule has 7 heteroatoms. The Bertz CT molecular complexity index is 1430. The number of pyridine rings is 2. The normalized spacial score (nSPS) is 11.1. The van der Waals surface area contributed by atoms with Crippen molar-refractivity contribution >= 4 is 51.8 Å². The van der Waals surface area contributed by atoms with Gasteiger partial charge >= 0.3 is 5.97 Å². The Morgan fingerprint density at radius 2 is 1.90 bits per heavy atom. The highest BCUT2D eigenvalue weighted by Crippen LogP contribution is 2.36. The maximum atomic E-state index is 11.6. The number of carbonyl (C=O) groups is 1. The van der Waals surface area contributed by atoms with Crippen LogP contribution in [0.1, 0.15) is 10.4 Å². The van der Waals surface area contributed by atoms with Crippen LogP contribution in [0.4, 0.5) is 11.4 Å². The Hall–Kier alpha value is -3.84. The van der Waals surface area contributed by atoms with E-state index in [1.807, 2.05) is 36.7 Å². The number of aromatic amines is 1. The fourth-order valence-electron chi connectivity index (χ4n) is 3.60. The highest BCUT2D eigenvalue weighted by Gasteiger charge is 2.14. The molecule has 5 aromatic rings. The molecule has 30 heavy (non-hydrogen) atoms. The number of H-pyrrole nitrogens is 1. The van der Waals surface area contributed by atoms with Gasteiger partial charge in [0.2, 0.25) is 0 Å². The molecule has 146 valence electrons. The van der Waals surface area contributed by atoms with Crippen LogP contribution >= 0.6 is 12.6 Å².